The molecule has 0 saturated heterocycles. The largest absolute Gasteiger partial charge is 0.481 e. The highest BCUT2D eigenvalue weighted by atomic mass is 16.4. The maximum absolute atomic E-state index is 12.2. The molecule has 0 radical (unpaired) electrons. The van der Waals surface area contributed by atoms with E-state index in [9.17, 15) is 14.7 Å². The summed E-state index contributed by atoms with van der Waals surface area (Å²) in [4.78, 5) is 23.4. The second kappa shape index (κ2) is 6.41. The van der Waals surface area contributed by atoms with Crippen LogP contribution in [0.25, 0.3) is 0 Å². The van der Waals surface area contributed by atoms with Gasteiger partial charge in [0, 0.05) is 12.5 Å². The van der Waals surface area contributed by atoms with Crippen LogP contribution >= 0.6 is 0 Å². The van der Waals surface area contributed by atoms with Crippen LogP contribution in [0.3, 0.4) is 0 Å². The monoisotopic (exact) mass is 277 g/mol. The van der Waals surface area contributed by atoms with Gasteiger partial charge in [-0.05, 0) is 31.9 Å². The van der Waals surface area contributed by atoms with Crippen molar-refractivity contribution in [2.24, 2.45) is 11.8 Å². The molecule has 3 atom stereocenters. The molecule has 108 valence electrons. The Labute approximate surface area is 117 Å². The fraction of sp³-hybridized carbons (Fsp3) is 0.467. The van der Waals surface area contributed by atoms with Crippen molar-refractivity contribution < 1.29 is 19.1 Å². The van der Waals surface area contributed by atoms with Crippen LogP contribution in [0, 0.1) is 11.8 Å². The molecule has 0 aromatic carbocycles. The fourth-order valence-corrected chi connectivity index (χ4v) is 2.51. The van der Waals surface area contributed by atoms with E-state index in [4.69, 9.17) is 4.42 Å². The Morgan fingerprint density at radius 2 is 2.10 bits per heavy atom. The van der Waals surface area contributed by atoms with E-state index in [1.165, 1.54) is 0 Å². The van der Waals surface area contributed by atoms with Crippen molar-refractivity contribution in [2.75, 3.05) is 0 Å². The molecular weight excluding hydrogens is 258 g/mol. The summed E-state index contributed by atoms with van der Waals surface area (Å²) in [5, 5.41) is 12.0. The van der Waals surface area contributed by atoms with Crippen LogP contribution in [-0.2, 0) is 16.0 Å². The fourth-order valence-electron chi connectivity index (χ4n) is 2.51. The van der Waals surface area contributed by atoms with Gasteiger partial charge in [-0.3, -0.25) is 9.59 Å². The molecule has 0 fully saturated rings. The quantitative estimate of drug-likeness (QED) is 0.807. The average Bonchev–Trinajstić information content (AvgIpc) is 2.91. The molecule has 1 amide bonds. The van der Waals surface area contributed by atoms with Gasteiger partial charge in [-0.25, -0.2) is 0 Å². The molecule has 1 aromatic heterocycles. The Hall–Kier alpha value is -2.04. The molecule has 1 aromatic rings. The molecule has 5 nitrogen and oxygen atoms in total. The van der Waals surface area contributed by atoms with Crippen molar-refractivity contribution >= 4 is 11.9 Å². The summed E-state index contributed by atoms with van der Waals surface area (Å²) in [6, 6.07) is 3.57. The summed E-state index contributed by atoms with van der Waals surface area (Å²) in [6.07, 6.45) is 6.79. The van der Waals surface area contributed by atoms with Gasteiger partial charge in [0.25, 0.3) is 0 Å². The number of amides is 1. The summed E-state index contributed by atoms with van der Waals surface area (Å²) < 4.78 is 5.23. The molecule has 0 bridgehead atoms. The summed E-state index contributed by atoms with van der Waals surface area (Å²) in [7, 11) is 0. The third kappa shape index (κ3) is 3.50. The number of carboxylic acid groups (broad SMARTS) is 1. The lowest BCUT2D eigenvalue weighted by Gasteiger charge is -2.25. The number of allylic oxidation sites excluding steroid dienone is 2. The van der Waals surface area contributed by atoms with Gasteiger partial charge in [-0.1, -0.05) is 12.2 Å². The lowest BCUT2D eigenvalue weighted by molar-refractivity contribution is -0.147. The van der Waals surface area contributed by atoms with Crippen LogP contribution in [0.2, 0.25) is 0 Å². The minimum atomic E-state index is -0.909. The maximum atomic E-state index is 12.2. The summed E-state index contributed by atoms with van der Waals surface area (Å²) in [5.41, 5.74) is 0. The molecule has 20 heavy (non-hydrogen) atoms. The van der Waals surface area contributed by atoms with Gasteiger partial charge in [0.15, 0.2) is 0 Å². The lowest BCUT2D eigenvalue weighted by atomic mass is 9.82. The van der Waals surface area contributed by atoms with Gasteiger partial charge in [0.2, 0.25) is 5.91 Å². The van der Waals surface area contributed by atoms with Crippen LogP contribution < -0.4 is 5.32 Å². The van der Waals surface area contributed by atoms with E-state index in [0.29, 0.717) is 19.3 Å². The van der Waals surface area contributed by atoms with Crippen LogP contribution in [0.1, 0.15) is 25.5 Å². The van der Waals surface area contributed by atoms with Crippen LogP contribution in [0.4, 0.5) is 0 Å². The van der Waals surface area contributed by atoms with E-state index >= 15 is 0 Å². The van der Waals surface area contributed by atoms with Crippen molar-refractivity contribution in [3.05, 3.63) is 36.3 Å². The highest BCUT2D eigenvalue weighted by Gasteiger charge is 2.34. The third-order valence-electron chi connectivity index (χ3n) is 3.56. The van der Waals surface area contributed by atoms with Crippen LogP contribution in [0.15, 0.2) is 35.0 Å². The predicted molar refractivity (Wildman–Crippen MR) is 73.0 cm³/mol. The number of carbonyl (C=O) groups excluding carboxylic acids is 1. The Bertz CT molecular complexity index is 492. The molecule has 2 N–H and O–H groups in total. The first-order chi connectivity index (χ1) is 9.58. The second-order valence-electron chi connectivity index (χ2n) is 5.19. The minimum absolute atomic E-state index is 0.0889. The van der Waals surface area contributed by atoms with Gasteiger partial charge in [0.1, 0.15) is 5.76 Å². The zero-order valence-corrected chi connectivity index (χ0v) is 11.4. The van der Waals surface area contributed by atoms with Crippen LogP contribution in [0.5, 0.6) is 0 Å². The Kier molecular flexibility index (Phi) is 4.61. The zero-order valence-electron chi connectivity index (χ0n) is 11.4. The van der Waals surface area contributed by atoms with Crippen molar-refractivity contribution in [1.82, 2.24) is 5.32 Å². The van der Waals surface area contributed by atoms with Crippen molar-refractivity contribution in [2.45, 2.75) is 32.2 Å². The summed E-state index contributed by atoms with van der Waals surface area (Å²) >= 11 is 0. The van der Waals surface area contributed by atoms with Crippen molar-refractivity contribution in [3.8, 4) is 0 Å². The number of furan rings is 1. The number of hydrogen-bond donors (Lipinski definition) is 2. The van der Waals surface area contributed by atoms with Crippen molar-refractivity contribution in [1.29, 1.82) is 0 Å². The molecule has 3 unspecified atom stereocenters. The lowest BCUT2D eigenvalue weighted by Crippen LogP contribution is -2.43. The molecule has 0 spiro atoms. The number of aliphatic carboxylic acids is 1. The molecule has 2 rings (SSSR count). The Morgan fingerprint density at radius 1 is 1.40 bits per heavy atom. The van der Waals surface area contributed by atoms with Gasteiger partial charge in [-0.15, -0.1) is 0 Å². The molecule has 5 heteroatoms. The topological polar surface area (TPSA) is 79.5 Å². The van der Waals surface area contributed by atoms with Crippen LogP contribution in [-0.4, -0.2) is 23.0 Å². The number of carbonyl (C=O) groups is 2. The number of nitrogens with one attached hydrogen (secondary N) is 1. The predicted octanol–water partition coefficient (Wildman–Crippen LogP) is 1.99. The normalized spacial score (nSPS) is 23.2. The SMILES string of the molecule is CC(Cc1ccco1)NC(=O)C1CC=CCC1C(=O)O. The smallest absolute Gasteiger partial charge is 0.307 e. The molecule has 1 aliphatic carbocycles. The molecule has 1 aliphatic rings. The van der Waals surface area contributed by atoms with E-state index in [2.05, 4.69) is 5.32 Å². The first kappa shape index (κ1) is 14.4. The molecular formula is C15H19NO4. The minimum Gasteiger partial charge on any atom is -0.481 e. The molecule has 1 heterocycles. The third-order valence-corrected chi connectivity index (χ3v) is 3.56. The first-order valence-electron chi connectivity index (χ1n) is 6.78. The van der Waals surface area contributed by atoms with Gasteiger partial charge in [0.05, 0.1) is 18.1 Å². The van der Waals surface area contributed by atoms with E-state index in [-0.39, 0.29) is 11.9 Å². The Balaban J connectivity index is 1.93. The summed E-state index contributed by atoms with van der Waals surface area (Å²) in [6.45, 7) is 1.88. The average molecular weight is 277 g/mol. The highest BCUT2D eigenvalue weighted by Crippen LogP contribution is 2.26. The van der Waals surface area contributed by atoms with E-state index < -0.39 is 17.8 Å². The first-order valence-corrected chi connectivity index (χ1v) is 6.78. The van der Waals surface area contributed by atoms with E-state index in [1.807, 2.05) is 25.1 Å². The number of hydrogen-bond acceptors (Lipinski definition) is 3. The van der Waals surface area contributed by atoms with E-state index in [1.54, 1.807) is 12.3 Å². The molecule has 0 saturated carbocycles. The second-order valence-corrected chi connectivity index (χ2v) is 5.19. The van der Waals surface area contributed by atoms with Gasteiger partial charge in [-0.2, -0.15) is 0 Å². The number of rotatable bonds is 5. The van der Waals surface area contributed by atoms with Gasteiger partial charge < -0.3 is 14.8 Å². The Morgan fingerprint density at radius 3 is 2.70 bits per heavy atom. The number of carboxylic acids is 1. The highest BCUT2D eigenvalue weighted by molar-refractivity contribution is 5.85. The molecule has 0 aliphatic heterocycles. The zero-order chi connectivity index (χ0) is 14.5. The van der Waals surface area contributed by atoms with Gasteiger partial charge >= 0.3 is 5.97 Å². The maximum Gasteiger partial charge on any atom is 0.307 e. The van der Waals surface area contributed by atoms with Crippen molar-refractivity contribution in [3.63, 3.8) is 0 Å². The standard InChI is InChI=1S/C15H19NO4/c1-10(9-11-5-4-8-20-11)16-14(17)12-6-2-3-7-13(12)15(18)19/h2-5,8,10,12-13H,6-7,9H2,1H3,(H,16,17)(H,18,19). The van der Waals surface area contributed by atoms with E-state index in [0.717, 1.165) is 5.76 Å². The summed E-state index contributed by atoms with van der Waals surface area (Å²) in [5.74, 6) is -1.42.